The van der Waals surface area contributed by atoms with E-state index in [0.29, 0.717) is 5.56 Å². The van der Waals surface area contributed by atoms with Gasteiger partial charge in [0.15, 0.2) is 6.04 Å². The number of methoxy groups -OCH3 is 1. The van der Waals surface area contributed by atoms with Crippen LogP contribution in [0.15, 0.2) is 40.4 Å². The molecule has 0 saturated heterocycles. The molecular weight excluding hydrogens is 360 g/mol. The van der Waals surface area contributed by atoms with Crippen molar-refractivity contribution in [3.05, 3.63) is 79.6 Å². The summed E-state index contributed by atoms with van der Waals surface area (Å²) in [7, 11) is 1.17. The van der Waals surface area contributed by atoms with Crippen molar-refractivity contribution in [1.82, 2.24) is 9.55 Å². The summed E-state index contributed by atoms with van der Waals surface area (Å²) in [5.74, 6) is -1.66. The second-order valence-corrected chi connectivity index (χ2v) is 6.96. The van der Waals surface area contributed by atoms with Crippen LogP contribution in [0.3, 0.4) is 0 Å². The Morgan fingerprint density at radius 2 is 1.71 bits per heavy atom. The van der Waals surface area contributed by atoms with E-state index in [9.17, 15) is 19.2 Å². The first-order chi connectivity index (χ1) is 13.1. The van der Waals surface area contributed by atoms with Gasteiger partial charge in [-0.15, -0.1) is 6.58 Å². The van der Waals surface area contributed by atoms with Crippen molar-refractivity contribution < 1.29 is 14.3 Å². The Kier molecular flexibility index (Phi) is 6.18. The molecule has 2 rings (SSSR count). The lowest BCUT2D eigenvalue weighted by molar-refractivity contribution is -0.143. The van der Waals surface area contributed by atoms with Gasteiger partial charge in [0, 0.05) is 11.1 Å². The first-order valence-electron chi connectivity index (χ1n) is 8.84. The average Bonchev–Trinajstić information content (AvgIpc) is 2.61. The number of ether oxygens (including phenoxy) is 1. The monoisotopic (exact) mass is 384 g/mol. The minimum absolute atomic E-state index is 0.125. The smallest absolute Gasteiger partial charge is 0.333 e. The number of aromatic nitrogens is 2. The van der Waals surface area contributed by atoms with Crippen molar-refractivity contribution in [2.24, 2.45) is 0 Å². The van der Waals surface area contributed by atoms with Gasteiger partial charge in [0.25, 0.3) is 5.56 Å². The highest BCUT2D eigenvalue weighted by molar-refractivity contribution is 6.09. The minimum atomic E-state index is -1.25. The minimum Gasteiger partial charge on any atom is -0.467 e. The zero-order valence-corrected chi connectivity index (χ0v) is 16.7. The van der Waals surface area contributed by atoms with Gasteiger partial charge in [-0.25, -0.2) is 9.59 Å². The second kappa shape index (κ2) is 8.21. The summed E-state index contributed by atoms with van der Waals surface area (Å²) in [5, 5.41) is 0. The Morgan fingerprint density at radius 3 is 2.18 bits per heavy atom. The zero-order chi connectivity index (χ0) is 21.2. The SMILES string of the molecule is C=CC(C(=O)OC)n1c(C(=O)c2cc(C)cc(C)c2)c(C(C)C)c(=O)[nH]c1=O. The molecule has 1 N–H and O–H groups in total. The fraction of sp³-hybridized carbons (Fsp3) is 0.333. The molecule has 1 aromatic heterocycles. The van der Waals surface area contributed by atoms with Gasteiger partial charge in [0.1, 0.15) is 5.69 Å². The highest BCUT2D eigenvalue weighted by atomic mass is 16.5. The van der Waals surface area contributed by atoms with Crippen LogP contribution in [-0.4, -0.2) is 28.4 Å². The highest BCUT2D eigenvalue weighted by Gasteiger charge is 2.30. The van der Waals surface area contributed by atoms with Gasteiger partial charge >= 0.3 is 11.7 Å². The summed E-state index contributed by atoms with van der Waals surface area (Å²) < 4.78 is 5.70. The van der Waals surface area contributed by atoms with Crippen LogP contribution in [0.2, 0.25) is 0 Å². The van der Waals surface area contributed by atoms with E-state index in [1.54, 1.807) is 26.0 Å². The maximum absolute atomic E-state index is 13.4. The number of rotatable bonds is 6. The Labute approximate surface area is 162 Å². The largest absolute Gasteiger partial charge is 0.467 e. The molecule has 0 bridgehead atoms. The molecule has 7 heteroatoms. The molecule has 1 unspecified atom stereocenters. The summed E-state index contributed by atoms with van der Waals surface area (Å²) in [5.41, 5.74) is 0.506. The summed E-state index contributed by atoms with van der Waals surface area (Å²) in [6.45, 7) is 10.7. The number of nitrogens with one attached hydrogen (secondary N) is 1. The molecule has 0 fully saturated rings. The number of aromatic amines is 1. The third kappa shape index (κ3) is 3.88. The number of nitrogens with zero attached hydrogens (tertiary/aromatic N) is 1. The van der Waals surface area contributed by atoms with Gasteiger partial charge in [-0.1, -0.05) is 37.1 Å². The Balaban J connectivity index is 2.95. The van der Waals surface area contributed by atoms with E-state index < -0.39 is 29.0 Å². The molecule has 148 valence electrons. The molecule has 0 amide bonds. The first-order valence-corrected chi connectivity index (χ1v) is 8.84. The fourth-order valence-electron chi connectivity index (χ4n) is 3.27. The van der Waals surface area contributed by atoms with Crippen LogP contribution in [0, 0.1) is 13.8 Å². The van der Waals surface area contributed by atoms with Gasteiger partial charge in [0.2, 0.25) is 5.78 Å². The second-order valence-electron chi connectivity index (χ2n) is 6.96. The van der Waals surface area contributed by atoms with Gasteiger partial charge in [0.05, 0.1) is 7.11 Å². The van der Waals surface area contributed by atoms with E-state index in [1.165, 1.54) is 13.2 Å². The summed E-state index contributed by atoms with van der Waals surface area (Å²) in [4.78, 5) is 53.0. The summed E-state index contributed by atoms with van der Waals surface area (Å²) in [6, 6.07) is 4.01. The van der Waals surface area contributed by atoms with Gasteiger partial charge in [-0.3, -0.25) is 19.1 Å². The molecule has 0 aliphatic rings. The van der Waals surface area contributed by atoms with E-state index in [2.05, 4.69) is 11.6 Å². The Bertz CT molecular complexity index is 1040. The maximum atomic E-state index is 13.4. The van der Waals surface area contributed by atoms with Crippen LogP contribution in [-0.2, 0) is 9.53 Å². The number of hydrogen-bond acceptors (Lipinski definition) is 5. The third-order valence-corrected chi connectivity index (χ3v) is 4.40. The van der Waals surface area contributed by atoms with Crippen molar-refractivity contribution in [3.8, 4) is 0 Å². The molecule has 0 aliphatic carbocycles. The van der Waals surface area contributed by atoms with E-state index in [0.717, 1.165) is 15.7 Å². The number of ketones is 1. The van der Waals surface area contributed by atoms with Gasteiger partial charge in [-0.2, -0.15) is 0 Å². The lowest BCUT2D eigenvalue weighted by Gasteiger charge is -2.21. The number of hydrogen-bond donors (Lipinski definition) is 1. The molecule has 1 atom stereocenters. The molecule has 0 radical (unpaired) electrons. The molecule has 0 saturated carbocycles. The average molecular weight is 384 g/mol. The maximum Gasteiger partial charge on any atom is 0.333 e. The first kappa shape index (κ1) is 21.1. The van der Waals surface area contributed by atoms with Crippen LogP contribution >= 0.6 is 0 Å². The number of benzene rings is 1. The number of aryl methyl sites for hydroxylation is 2. The standard InChI is InChI=1S/C21H24N2O5/c1-7-15(20(26)28-6)23-17(16(11(2)3)19(25)22-21(23)27)18(24)14-9-12(4)8-13(5)10-14/h7-11,15H,1H2,2-6H3,(H,22,25,27). The normalized spacial score (nSPS) is 11.9. The predicted octanol–water partition coefficient (Wildman–Crippen LogP) is 2.41. The summed E-state index contributed by atoms with van der Waals surface area (Å²) >= 11 is 0. The van der Waals surface area contributed by atoms with Crippen LogP contribution in [0.4, 0.5) is 0 Å². The van der Waals surface area contributed by atoms with Crippen LogP contribution in [0.5, 0.6) is 0 Å². The number of H-pyrrole nitrogens is 1. The molecule has 7 nitrogen and oxygen atoms in total. The lowest BCUT2D eigenvalue weighted by atomic mass is 9.95. The van der Waals surface area contributed by atoms with Crippen molar-refractivity contribution in [2.75, 3.05) is 7.11 Å². The van der Waals surface area contributed by atoms with Crippen molar-refractivity contribution >= 4 is 11.8 Å². The van der Waals surface area contributed by atoms with Crippen LogP contribution in [0.25, 0.3) is 0 Å². The molecule has 0 aliphatic heterocycles. The summed E-state index contributed by atoms with van der Waals surface area (Å²) in [6.07, 6.45) is 1.20. The van der Waals surface area contributed by atoms with Crippen LogP contribution < -0.4 is 11.2 Å². The van der Waals surface area contributed by atoms with E-state index >= 15 is 0 Å². The van der Waals surface area contributed by atoms with E-state index in [4.69, 9.17) is 4.74 Å². The quantitative estimate of drug-likeness (QED) is 0.468. The number of carbonyl (C=O) groups is 2. The molecule has 0 spiro atoms. The topological polar surface area (TPSA) is 98.2 Å². The predicted molar refractivity (Wildman–Crippen MR) is 106 cm³/mol. The van der Waals surface area contributed by atoms with E-state index in [-0.39, 0.29) is 17.2 Å². The van der Waals surface area contributed by atoms with Crippen molar-refractivity contribution in [2.45, 2.75) is 39.7 Å². The van der Waals surface area contributed by atoms with Gasteiger partial charge in [-0.05, 0) is 31.9 Å². The van der Waals surface area contributed by atoms with Crippen LogP contribution in [0.1, 0.15) is 58.5 Å². The number of carbonyl (C=O) groups excluding carboxylic acids is 2. The van der Waals surface area contributed by atoms with Crippen molar-refractivity contribution in [1.29, 1.82) is 0 Å². The van der Waals surface area contributed by atoms with Gasteiger partial charge < -0.3 is 4.74 Å². The molecule has 1 heterocycles. The Morgan fingerprint density at radius 1 is 1.14 bits per heavy atom. The fourth-order valence-corrected chi connectivity index (χ4v) is 3.27. The third-order valence-electron chi connectivity index (χ3n) is 4.40. The van der Waals surface area contributed by atoms with Crippen molar-refractivity contribution in [3.63, 3.8) is 0 Å². The Hall–Kier alpha value is -3.22. The lowest BCUT2D eigenvalue weighted by Crippen LogP contribution is -2.41. The van der Waals surface area contributed by atoms with E-state index in [1.807, 2.05) is 19.9 Å². The molecular formula is C21H24N2O5. The molecule has 2 aromatic rings. The molecule has 28 heavy (non-hydrogen) atoms. The number of esters is 1. The zero-order valence-electron chi connectivity index (χ0n) is 16.7. The molecule has 1 aromatic carbocycles. The highest BCUT2D eigenvalue weighted by Crippen LogP contribution is 2.22.